The molecule has 2 rings (SSSR count). The van der Waals surface area contributed by atoms with Crippen molar-refractivity contribution >= 4 is 23.3 Å². The summed E-state index contributed by atoms with van der Waals surface area (Å²) in [5.74, 6) is 0.874. The predicted octanol–water partition coefficient (Wildman–Crippen LogP) is 3.30. The molecule has 2 nitrogen and oxygen atoms in total. The van der Waals surface area contributed by atoms with Crippen LogP contribution in [0.2, 0.25) is 0 Å². The van der Waals surface area contributed by atoms with Gasteiger partial charge in [0.15, 0.2) is 0 Å². The van der Waals surface area contributed by atoms with Gasteiger partial charge in [-0.3, -0.25) is 5.32 Å². The van der Waals surface area contributed by atoms with E-state index in [1.165, 1.54) is 0 Å². The number of rotatable bonds is 3. The van der Waals surface area contributed by atoms with Crippen LogP contribution in [-0.2, 0) is 15.9 Å². The van der Waals surface area contributed by atoms with E-state index >= 15 is 0 Å². The summed E-state index contributed by atoms with van der Waals surface area (Å²) in [6, 6.07) is 7.85. The molecule has 1 N–H and O–H groups in total. The van der Waals surface area contributed by atoms with Crippen LogP contribution in [0.1, 0.15) is 31.2 Å². The molecule has 0 aliphatic carbocycles. The molecule has 4 heteroatoms. The minimum atomic E-state index is 0.0169. The number of hydrogen-bond donors (Lipinski definition) is 1. The van der Waals surface area contributed by atoms with Gasteiger partial charge in [-0.25, -0.2) is 0 Å². The van der Waals surface area contributed by atoms with E-state index in [1.54, 1.807) is 0 Å². The topological polar surface area (TPSA) is 29.1 Å². The van der Waals surface area contributed by atoms with Crippen molar-refractivity contribution in [2.24, 2.45) is 5.92 Å². The molecular formula is C13H16ClNOS+. The second-order valence-corrected chi connectivity index (χ2v) is 5.61. The zero-order valence-corrected chi connectivity index (χ0v) is 11.3. The normalized spacial score (nSPS) is 26.5. The molecule has 0 amide bonds. The van der Waals surface area contributed by atoms with E-state index in [0.29, 0.717) is 23.5 Å². The maximum atomic E-state index is 11.1. The van der Waals surface area contributed by atoms with E-state index in [4.69, 9.17) is 11.6 Å². The molecule has 1 radical (unpaired) electrons. The van der Waals surface area contributed by atoms with Crippen molar-refractivity contribution in [2.45, 2.75) is 36.1 Å². The van der Waals surface area contributed by atoms with Crippen LogP contribution in [0.15, 0.2) is 29.2 Å². The number of piperidine rings is 1. The number of benzene rings is 1. The quantitative estimate of drug-likeness (QED) is 0.518. The summed E-state index contributed by atoms with van der Waals surface area (Å²) in [7, 11) is 0. The Bertz CT molecular complexity index is 399. The van der Waals surface area contributed by atoms with Crippen LogP contribution in [0.4, 0.5) is 0 Å². The van der Waals surface area contributed by atoms with Crippen LogP contribution in [-0.4, -0.2) is 5.50 Å². The van der Waals surface area contributed by atoms with Gasteiger partial charge in [-0.15, -0.1) is 11.6 Å². The summed E-state index contributed by atoms with van der Waals surface area (Å²) in [5.41, 5.74) is 1.17. The lowest BCUT2D eigenvalue weighted by atomic mass is 9.81. The first-order valence-electron chi connectivity index (χ1n) is 5.83. The Labute approximate surface area is 111 Å². The van der Waals surface area contributed by atoms with Crippen molar-refractivity contribution in [1.82, 2.24) is 5.32 Å². The fraction of sp³-hybridized carbons (Fsp3) is 0.462. The van der Waals surface area contributed by atoms with E-state index in [9.17, 15) is 4.21 Å². The van der Waals surface area contributed by atoms with Crippen molar-refractivity contribution in [1.29, 1.82) is 0 Å². The Hall–Kier alpha value is -0.510. The smallest absolute Gasteiger partial charge is 0.297 e. The molecule has 0 bridgehead atoms. The van der Waals surface area contributed by atoms with E-state index < -0.39 is 0 Å². The van der Waals surface area contributed by atoms with Gasteiger partial charge in [0.05, 0.1) is 5.50 Å². The molecule has 1 aliphatic rings. The van der Waals surface area contributed by atoms with Gasteiger partial charge >= 0.3 is 11.7 Å². The highest BCUT2D eigenvalue weighted by Gasteiger charge is 2.29. The molecule has 1 aromatic rings. The molecule has 1 aliphatic heterocycles. The minimum absolute atomic E-state index is 0.0169. The van der Waals surface area contributed by atoms with Crippen LogP contribution in [0.25, 0.3) is 0 Å². The van der Waals surface area contributed by atoms with Crippen LogP contribution in [0.3, 0.4) is 0 Å². The average molecular weight is 270 g/mol. The fourth-order valence-corrected chi connectivity index (χ4v) is 3.17. The average Bonchev–Trinajstić information content (AvgIpc) is 2.38. The third kappa shape index (κ3) is 3.03. The van der Waals surface area contributed by atoms with Crippen LogP contribution in [0, 0.1) is 12.5 Å². The van der Waals surface area contributed by atoms with Crippen molar-refractivity contribution < 1.29 is 4.21 Å². The number of halogens is 1. The first kappa shape index (κ1) is 12.9. The molecule has 1 fully saturated rings. The fourth-order valence-electron chi connectivity index (χ4n) is 2.37. The van der Waals surface area contributed by atoms with Gasteiger partial charge in [0.2, 0.25) is 0 Å². The van der Waals surface area contributed by atoms with Gasteiger partial charge in [0.1, 0.15) is 0 Å². The molecule has 17 heavy (non-hydrogen) atoms. The third-order valence-corrected chi connectivity index (χ3v) is 4.29. The number of alkyl halides is 1. The standard InChI is InChI=1S/C13H16ClNOS/c1-9(10-6-7-15-13(14)8-10)11-4-2-3-5-12(11)17-16/h2-5,7,9-10,13,15H,6,8H2,1H3/q+1. The monoisotopic (exact) mass is 269 g/mol. The third-order valence-electron chi connectivity index (χ3n) is 3.44. The van der Waals surface area contributed by atoms with Gasteiger partial charge < -0.3 is 0 Å². The largest absolute Gasteiger partial charge is 0.505 e. The molecule has 1 heterocycles. The lowest BCUT2D eigenvalue weighted by Gasteiger charge is -2.30. The summed E-state index contributed by atoms with van der Waals surface area (Å²) >= 11 is 6.69. The maximum absolute atomic E-state index is 11.1. The predicted molar refractivity (Wildman–Crippen MR) is 71.0 cm³/mol. The minimum Gasteiger partial charge on any atom is -0.297 e. The van der Waals surface area contributed by atoms with Crippen LogP contribution >= 0.6 is 11.6 Å². The van der Waals surface area contributed by atoms with Crippen LogP contribution in [0.5, 0.6) is 0 Å². The van der Waals surface area contributed by atoms with E-state index in [1.807, 2.05) is 24.7 Å². The summed E-state index contributed by atoms with van der Waals surface area (Å²) in [4.78, 5) is 0.838. The summed E-state index contributed by atoms with van der Waals surface area (Å²) < 4.78 is 11.1. The Morgan fingerprint density at radius 1 is 1.47 bits per heavy atom. The molecule has 0 aromatic heterocycles. The lowest BCUT2D eigenvalue weighted by molar-refractivity contribution is 0.341. The molecule has 3 unspecified atom stereocenters. The summed E-state index contributed by atoms with van der Waals surface area (Å²) in [6.07, 6.45) is 1.94. The van der Waals surface area contributed by atoms with Crippen molar-refractivity contribution in [3.63, 3.8) is 0 Å². The van der Waals surface area contributed by atoms with Gasteiger partial charge in [0, 0.05) is 22.4 Å². The first-order valence-corrected chi connectivity index (χ1v) is 7.00. The zero-order valence-electron chi connectivity index (χ0n) is 9.73. The Kier molecular flexibility index (Phi) is 4.48. The van der Waals surface area contributed by atoms with Gasteiger partial charge in [-0.05, 0) is 24.7 Å². The van der Waals surface area contributed by atoms with Crippen molar-refractivity contribution in [3.05, 3.63) is 36.4 Å². The molecule has 3 atom stereocenters. The highest BCUT2D eigenvalue weighted by atomic mass is 35.5. The van der Waals surface area contributed by atoms with Crippen molar-refractivity contribution in [2.75, 3.05) is 0 Å². The summed E-state index contributed by atoms with van der Waals surface area (Å²) in [5, 5.41) is 3.12. The molecular weight excluding hydrogens is 254 g/mol. The van der Waals surface area contributed by atoms with E-state index in [0.717, 1.165) is 23.3 Å². The van der Waals surface area contributed by atoms with E-state index in [2.05, 4.69) is 18.3 Å². The summed E-state index contributed by atoms with van der Waals surface area (Å²) in [6.45, 7) is 4.22. The molecule has 91 valence electrons. The Morgan fingerprint density at radius 2 is 2.24 bits per heavy atom. The highest BCUT2D eigenvalue weighted by Crippen LogP contribution is 2.35. The van der Waals surface area contributed by atoms with Gasteiger partial charge in [-0.2, -0.15) is 0 Å². The lowest BCUT2D eigenvalue weighted by Crippen LogP contribution is -2.32. The molecule has 0 saturated carbocycles. The maximum Gasteiger partial charge on any atom is 0.505 e. The number of nitrogens with one attached hydrogen (secondary N) is 1. The van der Waals surface area contributed by atoms with Gasteiger partial charge in [0.25, 0.3) is 4.90 Å². The highest BCUT2D eigenvalue weighted by molar-refractivity contribution is 7.65. The second-order valence-electron chi connectivity index (χ2n) is 4.48. The second kappa shape index (κ2) is 5.89. The molecule has 1 saturated heterocycles. The van der Waals surface area contributed by atoms with Crippen molar-refractivity contribution in [3.8, 4) is 0 Å². The Morgan fingerprint density at radius 3 is 2.94 bits per heavy atom. The number of hydrogen-bond acceptors (Lipinski definition) is 2. The van der Waals surface area contributed by atoms with Crippen LogP contribution < -0.4 is 5.32 Å². The Balaban J connectivity index is 2.18. The molecule has 1 aromatic carbocycles. The molecule has 0 spiro atoms. The first-order chi connectivity index (χ1) is 8.22. The van der Waals surface area contributed by atoms with E-state index in [-0.39, 0.29) is 5.50 Å². The van der Waals surface area contributed by atoms with Gasteiger partial charge in [-0.1, -0.05) is 25.1 Å². The zero-order chi connectivity index (χ0) is 12.3. The SMILES string of the molecule is CC(c1ccccc1[S+]=O)C1C[CH]NC(Cl)C1.